The molecule has 2 N–H and O–H groups in total. The van der Waals surface area contributed by atoms with Crippen molar-refractivity contribution >= 4 is 58.1 Å². The third-order valence-electron chi connectivity index (χ3n) is 4.13. The van der Waals surface area contributed by atoms with Crippen LogP contribution in [0.25, 0.3) is 6.08 Å². The summed E-state index contributed by atoms with van der Waals surface area (Å²) in [6, 6.07) is 10.9. The van der Waals surface area contributed by atoms with Gasteiger partial charge < -0.3 is 14.9 Å². The zero-order valence-corrected chi connectivity index (χ0v) is 17.8. The summed E-state index contributed by atoms with van der Waals surface area (Å²) in [7, 11) is 0. The lowest BCUT2D eigenvalue weighted by Crippen LogP contribution is -2.28. The molecule has 1 heterocycles. The average Bonchev–Trinajstić information content (AvgIpc) is 3.01. The van der Waals surface area contributed by atoms with Crippen molar-refractivity contribution in [3.8, 4) is 5.75 Å². The fraction of sp³-hybridized carbons (Fsp3) is 0.143. The largest absolute Gasteiger partial charge is 0.480 e. The van der Waals surface area contributed by atoms with Crippen LogP contribution in [0.5, 0.6) is 5.75 Å². The highest BCUT2D eigenvalue weighted by Crippen LogP contribution is 2.35. The van der Waals surface area contributed by atoms with Gasteiger partial charge >= 0.3 is 11.9 Å². The summed E-state index contributed by atoms with van der Waals surface area (Å²) in [5.41, 5.74) is 1.17. The van der Waals surface area contributed by atoms with Crippen LogP contribution in [0.15, 0.2) is 52.4 Å². The lowest BCUT2D eigenvalue weighted by Gasteiger charge is -2.12. The molecule has 0 bridgehead atoms. The molecule has 2 aromatic carbocycles. The minimum absolute atomic E-state index is 0.106. The van der Waals surface area contributed by atoms with Crippen LogP contribution in [0.2, 0.25) is 5.02 Å². The van der Waals surface area contributed by atoms with E-state index in [2.05, 4.69) is 4.99 Å². The normalized spacial score (nSPS) is 16.2. The second kappa shape index (κ2) is 9.67. The zero-order chi connectivity index (χ0) is 22.5. The van der Waals surface area contributed by atoms with Gasteiger partial charge in [-0.1, -0.05) is 23.7 Å². The van der Waals surface area contributed by atoms with Crippen LogP contribution in [-0.4, -0.2) is 51.3 Å². The molecule has 0 unspecified atom stereocenters. The molecular weight excluding hydrogens is 444 g/mol. The van der Waals surface area contributed by atoms with E-state index >= 15 is 0 Å². The molecular formula is C21H17ClN2O6S. The van der Waals surface area contributed by atoms with Crippen LogP contribution in [0, 0.1) is 0 Å². The maximum Gasteiger partial charge on any atom is 0.341 e. The van der Waals surface area contributed by atoms with Crippen LogP contribution in [0.1, 0.15) is 22.8 Å². The van der Waals surface area contributed by atoms with E-state index in [9.17, 15) is 14.4 Å². The van der Waals surface area contributed by atoms with Crippen molar-refractivity contribution in [3.05, 3.63) is 63.5 Å². The number of carbonyl (C=O) groups is 3. The first-order valence-electron chi connectivity index (χ1n) is 9.06. The summed E-state index contributed by atoms with van der Waals surface area (Å²) >= 11 is 7.31. The summed E-state index contributed by atoms with van der Waals surface area (Å²) in [6.07, 6.45) is 1.65. The van der Waals surface area contributed by atoms with E-state index < -0.39 is 18.5 Å². The molecule has 0 radical (unpaired) electrons. The Kier molecular flexibility index (Phi) is 6.98. The number of ether oxygens (including phenoxy) is 1. The first-order valence-corrected chi connectivity index (χ1v) is 10.3. The third kappa shape index (κ3) is 5.44. The summed E-state index contributed by atoms with van der Waals surface area (Å²) in [5, 5.41) is 18.5. The number of aromatic carboxylic acids is 1. The number of halogens is 1. The first kappa shape index (κ1) is 22.4. The highest BCUT2D eigenvalue weighted by molar-refractivity contribution is 8.18. The fourth-order valence-corrected chi connectivity index (χ4v) is 4.01. The highest BCUT2D eigenvalue weighted by Gasteiger charge is 2.32. The lowest BCUT2D eigenvalue weighted by molar-refractivity contribution is -0.139. The Balaban J connectivity index is 1.86. The summed E-state index contributed by atoms with van der Waals surface area (Å²) in [5.74, 6) is -2.18. The van der Waals surface area contributed by atoms with Crippen molar-refractivity contribution in [1.82, 2.24) is 4.90 Å². The molecule has 0 atom stereocenters. The van der Waals surface area contributed by atoms with Gasteiger partial charge in [0.2, 0.25) is 0 Å². The number of benzene rings is 2. The van der Waals surface area contributed by atoms with E-state index in [4.69, 9.17) is 26.6 Å². The van der Waals surface area contributed by atoms with Crippen molar-refractivity contribution in [3.63, 3.8) is 0 Å². The highest BCUT2D eigenvalue weighted by atomic mass is 35.5. The number of aliphatic imine (C=N–C) groups is 1. The molecule has 160 valence electrons. The molecule has 1 aliphatic rings. The predicted octanol–water partition coefficient (Wildman–Crippen LogP) is 4.13. The Labute approximate surface area is 186 Å². The minimum Gasteiger partial charge on any atom is -0.480 e. The van der Waals surface area contributed by atoms with E-state index in [1.807, 2.05) is 6.92 Å². The van der Waals surface area contributed by atoms with Gasteiger partial charge in [0.15, 0.2) is 11.8 Å². The zero-order valence-electron chi connectivity index (χ0n) is 16.2. The molecule has 2 aromatic rings. The Hall–Kier alpha value is -3.30. The van der Waals surface area contributed by atoms with Gasteiger partial charge in [-0.3, -0.25) is 9.69 Å². The summed E-state index contributed by atoms with van der Waals surface area (Å²) < 4.78 is 5.10. The molecule has 0 saturated carbocycles. The topological polar surface area (TPSA) is 117 Å². The SMILES string of the molecule is CCN1C(=O)C(=Cc2ccc(OCC(=O)O)c(Cl)c2)SC1=Nc1cccc(C(=O)O)c1. The van der Waals surface area contributed by atoms with Crippen molar-refractivity contribution < 1.29 is 29.3 Å². The van der Waals surface area contributed by atoms with Crippen LogP contribution in [0.3, 0.4) is 0 Å². The number of hydrogen-bond acceptors (Lipinski definition) is 6. The van der Waals surface area contributed by atoms with Gasteiger partial charge in [0, 0.05) is 6.54 Å². The van der Waals surface area contributed by atoms with Crippen LogP contribution >= 0.6 is 23.4 Å². The number of amidine groups is 1. The number of carbonyl (C=O) groups excluding carboxylic acids is 1. The molecule has 31 heavy (non-hydrogen) atoms. The molecule has 0 aromatic heterocycles. The predicted molar refractivity (Wildman–Crippen MR) is 118 cm³/mol. The standard InChI is InChI=1S/C21H17ClN2O6S/c1-2-24-19(27)17(9-12-6-7-16(15(22)8-12)30-11-18(25)26)31-21(24)23-14-5-3-4-13(10-14)20(28)29/h3-10H,2,11H2,1H3,(H,25,26)(H,28,29). The van der Waals surface area contributed by atoms with Gasteiger partial charge in [0.1, 0.15) is 5.75 Å². The molecule has 0 spiro atoms. The second-order valence-corrected chi connectivity index (χ2v) is 7.70. The summed E-state index contributed by atoms with van der Waals surface area (Å²) in [6.45, 7) is 1.70. The average molecular weight is 461 g/mol. The van der Waals surface area contributed by atoms with E-state index in [1.54, 1.807) is 30.3 Å². The van der Waals surface area contributed by atoms with E-state index in [-0.39, 0.29) is 22.2 Å². The number of thioether (sulfide) groups is 1. The van der Waals surface area contributed by atoms with E-state index in [0.29, 0.717) is 27.9 Å². The van der Waals surface area contributed by atoms with Gasteiger partial charge in [0.25, 0.3) is 5.91 Å². The third-order valence-corrected chi connectivity index (χ3v) is 5.43. The Morgan fingerprint density at radius 2 is 2.00 bits per heavy atom. The molecule has 0 aliphatic carbocycles. The number of aliphatic carboxylic acids is 1. The lowest BCUT2D eigenvalue weighted by atomic mass is 10.2. The second-order valence-electron chi connectivity index (χ2n) is 6.28. The number of likely N-dealkylation sites (N-methyl/N-ethyl adjacent to an activating group) is 1. The van der Waals surface area contributed by atoms with Crippen molar-refractivity contribution in [2.24, 2.45) is 4.99 Å². The maximum atomic E-state index is 12.8. The van der Waals surface area contributed by atoms with Gasteiger partial charge in [-0.2, -0.15) is 0 Å². The minimum atomic E-state index is -1.12. The molecule has 3 rings (SSSR count). The van der Waals surface area contributed by atoms with Gasteiger partial charge in [-0.05, 0) is 60.7 Å². The number of nitrogens with zero attached hydrogens (tertiary/aromatic N) is 2. The maximum absolute atomic E-state index is 12.8. The van der Waals surface area contributed by atoms with Crippen molar-refractivity contribution in [1.29, 1.82) is 0 Å². The molecule has 1 amide bonds. The van der Waals surface area contributed by atoms with Gasteiger partial charge in [-0.25, -0.2) is 14.6 Å². The van der Waals surface area contributed by atoms with Crippen LogP contribution in [-0.2, 0) is 9.59 Å². The first-order chi connectivity index (χ1) is 14.8. The van der Waals surface area contributed by atoms with Gasteiger partial charge in [0.05, 0.1) is 21.2 Å². The Morgan fingerprint density at radius 3 is 2.65 bits per heavy atom. The van der Waals surface area contributed by atoms with E-state index in [0.717, 1.165) is 0 Å². The fourth-order valence-electron chi connectivity index (χ4n) is 2.70. The number of carboxylic acid groups (broad SMARTS) is 2. The Morgan fingerprint density at radius 1 is 1.23 bits per heavy atom. The Bertz CT molecular complexity index is 1110. The quantitative estimate of drug-likeness (QED) is 0.596. The van der Waals surface area contributed by atoms with Crippen molar-refractivity contribution in [2.45, 2.75) is 6.92 Å². The van der Waals surface area contributed by atoms with Gasteiger partial charge in [-0.15, -0.1) is 0 Å². The number of carboxylic acids is 2. The van der Waals surface area contributed by atoms with Crippen molar-refractivity contribution in [2.75, 3.05) is 13.2 Å². The number of rotatable bonds is 7. The molecule has 1 saturated heterocycles. The molecule has 1 fully saturated rings. The smallest absolute Gasteiger partial charge is 0.341 e. The van der Waals surface area contributed by atoms with Crippen LogP contribution < -0.4 is 4.74 Å². The number of hydrogen-bond donors (Lipinski definition) is 2. The van der Waals surface area contributed by atoms with Crippen LogP contribution in [0.4, 0.5) is 5.69 Å². The summed E-state index contributed by atoms with van der Waals surface area (Å²) in [4.78, 5) is 40.9. The van der Waals surface area contributed by atoms with E-state index in [1.165, 1.54) is 34.9 Å². The number of amides is 1. The molecule has 8 nitrogen and oxygen atoms in total. The molecule has 1 aliphatic heterocycles. The molecule has 10 heteroatoms. The monoisotopic (exact) mass is 460 g/mol.